The van der Waals surface area contributed by atoms with Crippen LogP contribution in [-0.2, 0) is 5.75 Å². The normalized spacial score (nSPS) is 11.2. The summed E-state index contributed by atoms with van der Waals surface area (Å²) in [4.78, 5) is 17.6. The number of nitrogens with zero attached hydrogens (tertiary/aromatic N) is 2. The Morgan fingerprint density at radius 3 is 2.72 bits per heavy atom. The molecule has 3 aromatic rings. The Balaban J connectivity index is 2.03. The molecule has 0 radical (unpaired) electrons. The number of fused-ring (bicyclic) bond motifs is 1. The van der Waals surface area contributed by atoms with E-state index in [1.807, 2.05) is 56.3 Å². The summed E-state index contributed by atoms with van der Waals surface area (Å²) in [6, 6.07) is 13.4. The molecule has 25 heavy (non-hydrogen) atoms. The van der Waals surface area contributed by atoms with Gasteiger partial charge in [-0.1, -0.05) is 39.8 Å². The third-order valence-corrected chi connectivity index (χ3v) is 5.39. The maximum Gasteiger partial charge on any atom is 0.262 e. The zero-order valence-electron chi connectivity index (χ0n) is 14.3. The van der Waals surface area contributed by atoms with E-state index in [0.717, 1.165) is 26.5 Å². The molecule has 0 atom stereocenters. The minimum Gasteiger partial charge on any atom is -0.496 e. The van der Waals surface area contributed by atoms with E-state index in [1.165, 1.54) is 0 Å². The zero-order valence-corrected chi connectivity index (χ0v) is 16.7. The van der Waals surface area contributed by atoms with Gasteiger partial charge in [-0.15, -0.1) is 0 Å². The smallest absolute Gasteiger partial charge is 0.262 e. The van der Waals surface area contributed by atoms with Crippen LogP contribution >= 0.6 is 27.7 Å². The van der Waals surface area contributed by atoms with Crippen molar-refractivity contribution < 1.29 is 4.74 Å². The van der Waals surface area contributed by atoms with Crippen molar-refractivity contribution in [3.63, 3.8) is 0 Å². The van der Waals surface area contributed by atoms with Crippen molar-refractivity contribution in [1.82, 2.24) is 9.55 Å². The maximum atomic E-state index is 12.9. The first-order valence-corrected chi connectivity index (χ1v) is 9.75. The quantitative estimate of drug-likeness (QED) is 0.429. The Labute approximate surface area is 159 Å². The number of halogens is 1. The van der Waals surface area contributed by atoms with Gasteiger partial charge in [-0.25, -0.2) is 4.98 Å². The molecule has 6 heteroatoms. The lowest BCUT2D eigenvalue weighted by Gasteiger charge is -2.16. The standard InChI is InChI=1S/C19H19BrN2O2S/c1-12(2)22-18(23)15-6-4-5-7-16(15)21-19(22)25-11-13-10-14(20)8-9-17(13)24-3/h4-10,12H,11H2,1-3H3. The maximum absolute atomic E-state index is 12.9. The SMILES string of the molecule is COc1ccc(Br)cc1CSc1nc2ccccc2c(=O)n1C(C)C. The van der Waals surface area contributed by atoms with Gasteiger partial charge in [0, 0.05) is 21.8 Å². The summed E-state index contributed by atoms with van der Waals surface area (Å²) in [7, 11) is 1.66. The first-order valence-electron chi connectivity index (χ1n) is 7.97. The molecule has 3 rings (SSSR count). The molecule has 0 aliphatic rings. The second-order valence-corrected chi connectivity index (χ2v) is 7.78. The predicted octanol–water partition coefficient (Wildman–Crippen LogP) is 5.04. The highest BCUT2D eigenvalue weighted by molar-refractivity contribution is 9.10. The van der Waals surface area contributed by atoms with Crippen molar-refractivity contribution in [2.75, 3.05) is 7.11 Å². The highest BCUT2D eigenvalue weighted by Gasteiger charge is 2.15. The van der Waals surface area contributed by atoms with Crippen LogP contribution in [0.3, 0.4) is 0 Å². The Hall–Kier alpha value is -1.79. The van der Waals surface area contributed by atoms with E-state index in [0.29, 0.717) is 11.1 Å². The minimum atomic E-state index is 0.00399. The highest BCUT2D eigenvalue weighted by Crippen LogP contribution is 2.30. The second-order valence-electron chi connectivity index (χ2n) is 5.93. The molecular formula is C19H19BrN2O2S. The zero-order chi connectivity index (χ0) is 18.0. The van der Waals surface area contributed by atoms with E-state index in [-0.39, 0.29) is 11.6 Å². The number of rotatable bonds is 5. The third-order valence-electron chi connectivity index (χ3n) is 3.89. The van der Waals surface area contributed by atoms with Gasteiger partial charge in [0.15, 0.2) is 5.16 Å². The van der Waals surface area contributed by atoms with Crippen LogP contribution in [0.2, 0.25) is 0 Å². The lowest BCUT2D eigenvalue weighted by Crippen LogP contribution is -2.25. The molecule has 0 saturated heterocycles. The Morgan fingerprint density at radius 1 is 1.24 bits per heavy atom. The molecule has 0 bridgehead atoms. The molecule has 0 aliphatic heterocycles. The number of ether oxygens (including phenoxy) is 1. The molecule has 0 fully saturated rings. The molecule has 130 valence electrons. The van der Waals surface area contributed by atoms with Crippen molar-refractivity contribution in [3.05, 3.63) is 62.9 Å². The van der Waals surface area contributed by atoms with Gasteiger partial charge in [-0.3, -0.25) is 9.36 Å². The van der Waals surface area contributed by atoms with E-state index in [4.69, 9.17) is 9.72 Å². The minimum absolute atomic E-state index is 0.00399. The van der Waals surface area contributed by atoms with Gasteiger partial charge in [0.1, 0.15) is 5.75 Å². The molecule has 1 aromatic heterocycles. The van der Waals surface area contributed by atoms with E-state index in [2.05, 4.69) is 15.9 Å². The van der Waals surface area contributed by atoms with Crippen LogP contribution < -0.4 is 10.3 Å². The van der Waals surface area contributed by atoms with Gasteiger partial charge in [-0.2, -0.15) is 0 Å². The first kappa shape index (κ1) is 18.0. The number of hydrogen-bond donors (Lipinski definition) is 0. The molecule has 0 amide bonds. The topological polar surface area (TPSA) is 44.1 Å². The summed E-state index contributed by atoms with van der Waals surface area (Å²) in [6.07, 6.45) is 0. The predicted molar refractivity (Wildman–Crippen MR) is 107 cm³/mol. The molecule has 0 saturated carbocycles. The first-order chi connectivity index (χ1) is 12.0. The molecular weight excluding hydrogens is 400 g/mol. The third kappa shape index (κ3) is 3.75. The summed E-state index contributed by atoms with van der Waals surface area (Å²) in [5.74, 6) is 1.50. The van der Waals surface area contributed by atoms with Crippen molar-refractivity contribution in [1.29, 1.82) is 0 Å². The van der Waals surface area contributed by atoms with Crippen LogP contribution in [0.25, 0.3) is 10.9 Å². The summed E-state index contributed by atoms with van der Waals surface area (Å²) >= 11 is 5.04. The van der Waals surface area contributed by atoms with Crippen LogP contribution in [0.1, 0.15) is 25.5 Å². The van der Waals surface area contributed by atoms with Crippen LogP contribution in [0.5, 0.6) is 5.75 Å². The number of hydrogen-bond acceptors (Lipinski definition) is 4. The van der Waals surface area contributed by atoms with Gasteiger partial charge in [0.05, 0.1) is 18.0 Å². The van der Waals surface area contributed by atoms with Crippen molar-refractivity contribution in [3.8, 4) is 5.75 Å². The van der Waals surface area contributed by atoms with Crippen LogP contribution in [-0.4, -0.2) is 16.7 Å². The van der Waals surface area contributed by atoms with Crippen molar-refractivity contribution in [2.24, 2.45) is 0 Å². The fraction of sp³-hybridized carbons (Fsp3) is 0.263. The van der Waals surface area contributed by atoms with Gasteiger partial charge in [-0.05, 0) is 44.2 Å². The largest absolute Gasteiger partial charge is 0.496 e. The van der Waals surface area contributed by atoms with E-state index in [9.17, 15) is 4.79 Å². The van der Waals surface area contributed by atoms with Crippen LogP contribution in [0, 0.1) is 0 Å². The van der Waals surface area contributed by atoms with Crippen molar-refractivity contribution in [2.45, 2.75) is 30.8 Å². The number of methoxy groups -OCH3 is 1. The summed E-state index contributed by atoms with van der Waals surface area (Å²) in [6.45, 7) is 4.00. The fourth-order valence-corrected chi connectivity index (χ4v) is 4.20. The van der Waals surface area contributed by atoms with E-state index < -0.39 is 0 Å². The van der Waals surface area contributed by atoms with E-state index >= 15 is 0 Å². The summed E-state index contributed by atoms with van der Waals surface area (Å²) < 4.78 is 8.20. The fourth-order valence-electron chi connectivity index (χ4n) is 2.68. The summed E-state index contributed by atoms with van der Waals surface area (Å²) in [5.41, 5.74) is 1.79. The number of aromatic nitrogens is 2. The Morgan fingerprint density at radius 2 is 2.00 bits per heavy atom. The molecule has 4 nitrogen and oxygen atoms in total. The monoisotopic (exact) mass is 418 g/mol. The van der Waals surface area contributed by atoms with Gasteiger partial charge in [0.25, 0.3) is 5.56 Å². The molecule has 0 aliphatic carbocycles. The lowest BCUT2D eigenvalue weighted by molar-refractivity contribution is 0.411. The molecule has 0 N–H and O–H groups in total. The Bertz CT molecular complexity index is 969. The number of thioether (sulfide) groups is 1. The molecule has 1 heterocycles. The van der Waals surface area contributed by atoms with Gasteiger partial charge >= 0.3 is 0 Å². The molecule has 0 unspecified atom stereocenters. The van der Waals surface area contributed by atoms with Gasteiger partial charge < -0.3 is 4.74 Å². The molecule has 2 aromatic carbocycles. The highest BCUT2D eigenvalue weighted by atomic mass is 79.9. The molecule has 0 spiro atoms. The van der Waals surface area contributed by atoms with Crippen LogP contribution in [0.4, 0.5) is 0 Å². The van der Waals surface area contributed by atoms with Crippen LogP contribution in [0.15, 0.2) is 56.9 Å². The average Bonchev–Trinajstić information content (AvgIpc) is 2.59. The summed E-state index contributed by atoms with van der Waals surface area (Å²) in [5, 5.41) is 1.38. The Kier molecular flexibility index (Phi) is 5.49. The lowest BCUT2D eigenvalue weighted by atomic mass is 10.2. The van der Waals surface area contributed by atoms with Crippen molar-refractivity contribution >= 4 is 38.6 Å². The van der Waals surface area contributed by atoms with Gasteiger partial charge in [0.2, 0.25) is 0 Å². The second kappa shape index (κ2) is 7.62. The average molecular weight is 419 g/mol. The van der Waals surface area contributed by atoms with E-state index in [1.54, 1.807) is 23.4 Å². The number of benzene rings is 2. The number of para-hydroxylation sites is 1.